The quantitative estimate of drug-likeness (QED) is 0.245. The molecule has 0 spiro atoms. The lowest BCUT2D eigenvalue weighted by Gasteiger charge is -2.05. The molecule has 1 aromatic carbocycles. The molecule has 0 radical (unpaired) electrons. The van der Waals surface area contributed by atoms with Gasteiger partial charge in [-0.2, -0.15) is 0 Å². The number of carbonyl (C=O) groups excluding carboxylic acids is 2. The van der Waals surface area contributed by atoms with Gasteiger partial charge in [-0.05, 0) is 6.07 Å². The maximum absolute atomic E-state index is 11.5. The van der Waals surface area contributed by atoms with Crippen molar-refractivity contribution in [2.24, 2.45) is 0 Å². The van der Waals surface area contributed by atoms with E-state index in [1.54, 1.807) is 0 Å². The minimum absolute atomic E-state index is 0.0760. The van der Waals surface area contributed by atoms with E-state index in [1.165, 1.54) is 24.3 Å². The molecule has 9 heteroatoms. The van der Waals surface area contributed by atoms with Gasteiger partial charge in [-0.1, -0.05) is 18.2 Å². The fourth-order valence-corrected chi connectivity index (χ4v) is 1.11. The summed E-state index contributed by atoms with van der Waals surface area (Å²) in [5.41, 5.74) is -0.353. The van der Waals surface area contributed by atoms with Crippen LogP contribution >= 0.6 is 0 Å². The Morgan fingerprint density at radius 3 is 2.28 bits per heavy atom. The first-order chi connectivity index (χ1) is 8.47. The van der Waals surface area contributed by atoms with Crippen molar-refractivity contribution in [3.63, 3.8) is 0 Å². The Labute approximate surface area is 99.3 Å². The Balaban J connectivity index is 2.97. The third-order valence-corrected chi connectivity index (χ3v) is 1.88. The van der Waals surface area contributed by atoms with E-state index in [0.717, 1.165) is 0 Å². The van der Waals surface area contributed by atoms with Gasteiger partial charge in [0, 0.05) is 5.56 Å². The third-order valence-electron chi connectivity index (χ3n) is 1.88. The molecule has 0 N–H and O–H groups in total. The van der Waals surface area contributed by atoms with Gasteiger partial charge in [-0.25, -0.2) is 4.79 Å². The molecule has 0 saturated heterocycles. The summed E-state index contributed by atoms with van der Waals surface area (Å²) in [5.74, 6) is -1.31. The fourth-order valence-electron chi connectivity index (χ4n) is 1.11. The zero-order chi connectivity index (χ0) is 13.7. The van der Waals surface area contributed by atoms with Crippen molar-refractivity contribution in [2.45, 2.75) is 6.35 Å². The summed E-state index contributed by atoms with van der Waals surface area (Å²) in [6.45, 7) is 0. The number of ether oxygens (including phenoxy) is 1. The number of carbonyl (C=O) groups is 2. The van der Waals surface area contributed by atoms with E-state index in [1.807, 2.05) is 0 Å². The van der Waals surface area contributed by atoms with Crippen molar-refractivity contribution < 1.29 is 24.2 Å². The Hall–Kier alpha value is -2.84. The molecule has 0 fully saturated rings. The van der Waals surface area contributed by atoms with E-state index in [0.29, 0.717) is 6.29 Å². The lowest BCUT2D eigenvalue weighted by molar-refractivity contribution is -0.785. The van der Waals surface area contributed by atoms with Gasteiger partial charge in [0.1, 0.15) is 9.85 Å². The molecule has 0 aliphatic heterocycles. The molecule has 0 unspecified atom stereocenters. The first kappa shape index (κ1) is 13.2. The smallest absolute Gasteiger partial charge is 0.335 e. The van der Waals surface area contributed by atoms with Crippen molar-refractivity contribution in [2.75, 3.05) is 0 Å². The first-order valence-electron chi connectivity index (χ1n) is 4.49. The van der Waals surface area contributed by atoms with Crippen LogP contribution in [0.25, 0.3) is 0 Å². The predicted octanol–water partition coefficient (Wildman–Crippen LogP) is 0.493. The molecule has 1 rings (SSSR count). The highest BCUT2D eigenvalue weighted by Crippen LogP contribution is 2.10. The molecule has 1 aromatic rings. The van der Waals surface area contributed by atoms with Crippen LogP contribution < -0.4 is 0 Å². The van der Waals surface area contributed by atoms with Crippen molar-refractivity contribution in [1.82, 2.24) is 0 Å². The van der Waals surface area contributed by atoms with Gasteiger partial charge in [0.05, 0.1) is 5.56 Å². The predicted molar refractivity (Wildman–Crippen MR) is 55.0 cm³/mol. The van der Waals surface area contributed by atoms with Gasteiger partial charge in [0.25, 0.3) is 0 Å². The van der Waals surface area contributed by atoms with Gasteiger partial charge in [-0.3, -0.25) is 25.0 Å². The molecule has 0 atom stereocenters. The molecular formula is C9H6N2O7. The Morgan fingerprint density at radius 2 is 1.78 bits per heavy atom. The van der Waals surface area contributed by atoms with E-state index in [4.69, 9.17) is 0 Å². The molecule has 0 amide bonds. The van der Waals surface area contributed by atoms with Crippen LogP contribution in [0.3, 0.4) is 0 Å². The minimum Gasteiger partial charge on any atom is -0.335 e. The summed E-state index contributed by atoms with van der Waals surface area (Å²) in [6.07, 6.45) is -2.36. The maximum Gasteiger partial charge on any atom is 0.614 e. The van der Waals surface area contributed by atoms with Crippen LogP contribution in [0.1, 0.15) is 20.7 Å². The number of nitrogens with zero attached hydrogens (tertiary/aromatic N) is 2. The number of hydrogen-bond donors (Lipinski definition) is 0. The van der Waals surface area contributed by atoms with Gasteiger partial charge in [-0.15, -0.1) is 0 Å². The SMILES string of the molecule is O=Cc1ccccc1C(=O)OC([N+](=O)[O-])[N+](=O)[O-]. The van der Waals surface area contributed by atoms with Crippen LogP contribution in [0.2, 0.25) is 0 Å². The number of esters is 1. The molecule has 0 aromatic heterocycles. The number of aldehydes is 1. The lowest BCUT2D eigenvalue weighted by Crippen LogP contribution is -2.34. The summed E-state index contributed by atoms with van der Waals surface area (Å²) >= 11 is 0. The fraction of sp³-hybridized carbons (Fsp3) is 0.111. The number of nitro groups is 2. The van der Waals surface area contributed by atoms with Crippen LogP contribution in [0, 0.1) is 20.2 Å². The van der Waals surface area contributed by atoms with E-state index < -0.39 is 22.2 Å². The van der Waals surface area contributed by atoms with E-state index in [-0.39, 0.29) is 11.1 Å². The molecule has 0 saturated carbocycles. The molecule has 18 heavy (non-hydrogen) atoms. The molecule has 0 aliphatic rings. The van der Waals surface area contributed by atoms with Crippen LogP contribution in [0.15, 0.2) is 24.3 Å². The van der Waals surface area contributed by atoms with Gasteiger partial charge >= 0.3 is 12.3 Å². The molecule has 0 aliphatic carbocycles. The monoisotopic (exact) mass is 254 g/mol. The molecule has 94 valence electrons. The van der Waals surface area contributed by atoms with Gasteiger partial charge in [0.2, 0.25) is 0 Å². The minimum atomic E-state index is -2.70. The standard InChI is InChI=1S/C9H6N2O7/c12-5-6-3-1-2-4-7(6)8(13)18-9(10(14)15)11(16)17/h1-5,9H. The highest BCUT2D eigenvalue weighted by molar-refractivity contribution is 5.98. The molecular weight excluding hydrogens is 248 g/mol. The molecule has 9 nitrogen and oxygen atoms in total. The zero-order valence-corrected chi connectivity index (χ0v) is 8.72. The van der Waals surface area contributed by atoms with Crippen LogP contribution in [0.4, 0.5) is 0 Å². The molecule has 0 bridgehead atoms. The average Bonchev–Trinajstić information content (AvgIpc) is 2.34. The summed E-state index contributed by atoms with van der Waals surface area (Å²) in [6, 6.07) is 5.29. The Bertz CT molecular complexity index is 499. The summed E-state index contributed by atoms with van der Waals surface area (Å²) in [7, 11) is 0. The summed E-state index contributed by atoms with van der Waals surface area (Å²) in [5, 5.41) is 20.6. The summed E-state index contributed by atoms with van der Waals surface area (Å²) in [4.78, 5) is 39.9. The second-order valence-corrected chi connectivity index (χ2v) is 3.01. The second kappa shape index (κ2) is 5.48. The highest BCUT2D eigenvalue weighted by Gasteiger charge is 2.37. The van der Waals surface area contributed by atoms with Crippen LogP contribution in [-0.2, 0) is 4.74 Å². The summed E-state index contributed by atoms with van der Waals surface area (Å²) < 4.78 is 4.11. The number of benzene rings is 1. The van der Waals surface area contributed by atoms with Crippen molar-refractivity contribution in [1.29, 1.82) is 0 Å². The second-order valence-electron chi connectivity index (χ2n) is 3.01. The maximum atomic E-state index is 11.5. The van der Waals surface area contributed by atoms with E-state index in [2.05, 4.69) is 4.74 Å². The van der Waals surface area contributed by atoms with Crippen LogP contribution in [-0.4, -0.2) is 28.5 Å². The average molecular weight is 254 g/mol. The van der Waals surface area contributed by atoms with Crippen molar-refractivity contribution >= 4 is 12.3 Å². The Kier molecular flexibility index (Phi) is 4.02. The normalized spacial score (nSPS) is 9.83. The van der Waals surface area contributed by atoms with Crippen molar-refractivity contribution in [3.05, 3.63) is 55.6 Å². The van der Waals surface area contributed by atoms with Gasteiger partial charge in [0.15, 0.2) is 6.29 Å². The largest absolute Gasteiger partial charge is 0.614 e. The lowest BCUT2D eigenvalue weighted by atomic mass is 10.1. The molecule has 0 heterocycles. The Morgan fingerprint density at radius 1 is 1.22 bits per heavy atom. The van der Waals surface area contributed by atoms with Crippen molar-refractivity contribution in [3.8, 4) is 0 Å². The third kappa shape index (κ3) is 2.84. The number of hydrogen-bond acceptors (Lipinski definition) is 7. The van der Waals surface area contributed by atoms with Crippen LogP contribution in [0.5, 0.6) is 0 Å². The van der Waals surface area contributed by atoms with Gasteiger partial charge < -0.3 is 4.74 Å². The zero-order valence-electron chi connectivity index (χ0n) is 8.72. The number of rotatable bonds is 5. The van der Waals surface area contributed by atoms with E-state index >= 15 is 0 Å². The van der Waals surface area contributed by atoms with E-state index in [9.17, 15) is 29.8 Å². The highest BCUT2D eigenvalue weighted by atomic mass is 16.8. The topological polar surface area (TPSA) is 130 Å². The first-order valence-corrected chi connectivity index (χ1v) is 4.49.